The fraction of sp³-hybridized carbons (Fsp3) is 0.176. The fourth-order valence-electron chi connectivity index (χ4n) is 2.01. The first-order valence-electron chi connectivity index (χ1n) is 7.16. The quantitative estimate of drug-likeness (QED) is 0.476. The molecule has 0 aliphatic rings. The van der Waals surface area contributed by atoms with Crippen LogP contribution in [0.3, 0.4) is 0 Å². The van der Waals surface area contributed by atoms with Gasteiger partial charge in [-0.1, -0.05) is 42.8 Å². The van der Waals surface area contributed by atoms with Crippen LogP contribution in [0.5, 0.6) is 5.75 Å². The zero-order chi connectivity index (χ0) is 16.7. The third-order valence-corrected chi connectivity index (χ3v) is 3.61. The molecule has 0 saturated carbocycles. The summed E-state index contributed by atoms with van der Waals surface area (Å²) in [6, 6.07) is 15.1. The molecule has 0 radical (unpaired) electrons. The maximum atomic E-state index is 5.91. The lowest BCUT2D eigenvalue weighted by Gasteiger charge is -2.12. The first-order chi connectivity index (χ1) is 11.1. The van der Waals surface area contributed by atoms with E-state index < -0.39 is 0 Å². The average Bonchev–Trinajstić information content (AvgIpc) is 2.57. The van der Waals surface area contributed by atoms with E-state index in [1.165, 1.54) is 0 Å². The van der Waals surface area contributed by atoms with Crippen LogP contribution in [0.4, 0.5) is 5.69 Å². The van der Waals surface area contributed by atoms with Crippen molar-refractivity contribution in [2.45, 2.75) is 13.3 Å². The maximum absolute atomic E-state index is 5.91. The van der Waals surface area contributed by atoms with Crippen LogP contribution in [-0.2, 0) is 0 Å². The molecule has 0 amide bonds. The molecule has 0 atom stereocenters. The number of benzene rings is 2. The van der Waals surface area contributed by atoms with Crippen molar-refractivity contribution in [2.75, 3.05) is 12.4 Å². The molecule has 0 aliphatic heterocycles. The lowest BCUT2D eigenvalue weighted by Crippen LogP contribution is -2.25. The molecular weight excluding hydrogens is 330 g/mol. The summed E-state index contributed by atoms with van der Waals surface area (Å²) in [5, 5.41) is 8.54. The first kappa shape index (κ1) is 17.2. The van der Waals surface area contributed by atoms with E-state index in [1.54, 1.807) is 7.11 Å². The highest BCUT2D eigenvalue weighted by molar-refractivity contribution is 7.80. The topological polar surface area (TPSA) is 45.7 Å². The Morgan fingerprint density at radius 2 is 1.87 bits per heavy atom. The third-order valence-electron chi connectivity index (χ3n) is 3.16. The Morgan fingerprint density at radius 1 is 1.17 bits per heavy atom. The molecule has 0 aromatic heterocycles. The van der Waals surface area contributed by atoms with E-state index in [4.69, 9.17) is 28.6 Å². The highest BCUT2D eigenvalue weighted by Crippen LogP contribution is 2.22. The number of hydrogen-bond acceptors (Lipinski definition) is 3. The second kappa shape index (κ2) is 8.50. The van der Waals surface area contributed by atoms with Gasteiger partial charge in [-0.25, -0.2) is 0 Å². The maximum Gasteiger partial charge on any atom is 0.191 e. The SMILES string of the molecule is CC/C(=N\NC(=S)Nc1ccccc1OC)c1ccc(Cl)cc1. The Hall–Kier alpha value is -2.11. The molecular formula is C17H18ClN3OS. The molecule has 0 bridgehead atoms. The van der Waals surface area contributed by atoms with Crippen LogP contribution < -0.4 is 15.5 Å². The summed E-state index contributed by atoms with van der Waals surface area (Å²) >= 11 is 11.2. The van der Waals surface area contributed by atoms with Gasteiger partial charge in [0.25, 0.3) is 0 Å². The molecule has 0 fully saturated rings. The molecule has 120 valence electrons. The van der Waals surface area contributed by atoms with Crippen molar-refractivity contribution < 1.29 is 4.74 Å². The van der Waals surface area contributed by atoms with E-state index in [0.29, 0.717) is 15.9 Å². The number of halogens is 1. The Kier molecular flexibility index (Phi) is 6.38. The van der Waals surface area contributed by atoms with Crippen molar-refractivity contribution in [3.63, 3.8) is 0 Å². The molecule has 0 saturated heterocycles. The minimum Gasteiger partial charge on any atom is -0.495 e. The second-order valence-corrected chi connectivity index (χ2v) is 5.53. The van der Waals surface area contributed by atoms with Crippen LogP contribution in [-0.4, -0.2) is 17.9 Å². The van der Waals surface area contributed by atoms with Crippen molar-refractivity contribution in [2.24, 2.45) is 5.10 Å². The minimum atomic E-state index is 0.398. The summed E-state index contributed by atoms with van der Waals surface area (Å²) in [6.45, 7) is 2.03. The van der Waals surface area contributed by atoms with E-state index in [0.717, 1.165) is 23.4 Å². The number of anilines is 1. The van der Waals surface area contributed by atoms with E-state index >= 15 is 0 Å². The van der Waals surface area contributed by atoms with Crippen LogP contribution in [0.2, 0.25) is 5.02 Å². The number of rotatable bonds is 5. The van der Waals surface area contributed by atoms with E-state index in [2.05, 4.69) is 15.8 Å². The summed E-state index contributed by atoms with van der Waals surface area (Å²) in [5.74, 6) is 0.717. The van der Waals surface area contributed by atoms with Crippen LogP contribution in [0, 0.1) is 0 Å². The van der Waals surface area contributed by atoms with Gasteiger partial charge in [-0.3, -0.25) is 5.43 Å². The molecule has 2 aromatic rings. The third kappa shape index (κ3) is 4.94. The molecule has 2 rings (SSSR count). The van der Waals surface area contributed by atoms with Gasteiger partial charge in [-0.05, 0) is 48.5 Å². The number of ether oxygens (including phenoxy) is 1. The monoisotopic (exact) mass is 347 g/mol. The van der Waals surface area contributed by atoms with Gasteiger partial charge >= 0.3 is 0 Å². The second-order valence-electron chi connectivity index (χ2n) is 4.69. The van der Waals surface area contributed by atoms with Gasteiger partial charge in [0, 0.05) is 5.02 Å². The van der Waals surface area contributed by atoms with Crippen molar-refractivity contribution in [3.05, 3.63) is 59.1 Å². The van der Waals surface area contributed by atoms with E-state index in [9.17, 15) is 0 Å². The Morgan fingerprint density at radius 3 is 2.52 bits per heavy atom. The smallest absolute Gasteiger partial charge is 0.191 e. The Bertz CT molecular complexity index is 701. The lowest BCUT2D eigenvalue weighted by atomic mass is 10.1. The Labute approximate surface area is 146 Å². The van der Waals surface area contributed by atoms with Crippen molar-refractivity contribution in [1.29, 1.82) is 0 Å². The molecule has 23 heavy (non-hydrogen) atoms. The van der Waals surface area contributed by atoms with E-state index in [1.807, 2.05) is 55.5 Å². The van der Waals surface area contributed by atoms with E-state index in [-0.39, 0.29) is 0 Å². The van der Waals surface area contributed by atoms with Crippen molar-refractivity contribution >= 4 is 40.3 Å². The van der Waals surface area contributed by atoms with Crippen LogP contribution in [0.25, 0.3) is 0 Å². The summed E-state index contributed by atoms with van der Waals surface area (Å²) in [4.78, 5) is 0. The number of hydrogen-bond donors (Lipinski definition) is 2. The van der Waals surface area contributed by atoms with Gasteiger partial charge in [0.15, 0.2) is 5.11 Å². The number of nitrogens with one attached hydrogen (secondary N) is 2. The molecule has 0 unspecified atom stereocenters. The zero-order valence-corrected chi connectivity index (χ0v) is 14.5. The number of hydrazone groups is 1. The average molecular weight is 348 g/mol. The Balaban J connectivity index is 2.05. The molecule has 0 aliphatic carbocycles. The molecule has 0 spiro atoms. The highest BCUT2D eigenvalue weighted by atomic mass is 35.5. The summed E-state index contributed by atoms with van der Waals surface area (Å²) < 4.78 is 5.28. The summed E-state index contributed by atoms with van der Waals surface area (Å²) in [5.41, 5.74) is 5.55. The predicted octanol–water partition coefficient (Wildman–Crippen LogP) is 4.45. The summed E-state index contributed by atoms with van der Waals surface area (Å²) in [6.07, 6.45) is 0.770. The number of nitrogens with zero attached hydrogens (tertiary/aromatic N) is 1. The molecule has 2 N–H and O–H groups in total. The minimum absolute atomic E-state index is 0.398. The van der Waals surface area contributed by atoms with Gasteiger partial charge in [-0.15, -0.1) is 0 Å². The fourth-order valence-corrected chi connectivity index (χ4v) is 2.29. The number of para-hydroxylation sites is 2. The highest BCUT2D eigenvalue weighted by Gasteiger charge is 2.05. The van der Waals surface area contributed by atoms with Gasteiger partial charge in [0.05, 0.1) is 18.5 Å². The number of thiocarbonyl (C=S) groups is 1. The summed E-state index contributed by atoms with van der Waals surface area (Å²) in [7, 11) is 1.62. The van der Waals surface area contributed by atoms with Gasteiger partial charge in [0.1, 0.15) is 5.75 Å². The lowest BCUT2D eigenvalue weighted by molar-refractivity contribution is 0.417. The standard InChI is InChI=1S/C17H18ClN3OS/c1-3-14(12-8-10-13(18)11-9-12)20-21-17(23)19-15-6-4-5-7-16(15)22-2/h4-11H,3H2,1-2H3,(H2,19,21,23)/b20-14+. The molecule has 0 heterocycles. The van der Waals surface area contributed by atoms with Crippen LogP contribution in [0.1, 0.15) is 18.9 Å². The predicted molar refractivity (Wildman–Crippen MR) is 101 cm³/mol. The van der Waals surface area contributed by atoms with Crippen LogP contribution in [0.15, 0.2) is 53.6 Å². The molecule has 6 heteroatoms. The van der Waals surface area contributed by atoms with Crippen LogP contribution >= 0.6 is 23.8 Å². The van der Waals surface area contributed by atoms with Gasteiger partial charge in [-0.2, -0.15) is 5.10 Å². The molecule has 2 aromatic carbocycles. The zero-order valence-electron chi connectivity index (χ0n) is 13.0. The van der Waals surface area contributed by atoms with Gasteiger partial charge < -0.3 is 10.1 Å². The van der Waals surface area contributed by atoms with Crippen molar-refractivity contribution in [1.82, 2.24) is 5.43 Å². The first-order valence-corrected chi connectivity index (χ1v) is 7.95. The van der Waals surface area contributed by atoms with Gasteiger partial charge in [0.2, 0.25) is 0 Å². The largest absolute Gasteiger partial charge is 0.495 e. The number of methoxy groups -OCH3 is 1. The normalized spacial score (nSPS) is 11.0. The van der Waals surface area contributed by atoms with Crippen molar-refractivity contribution in [3.8, 4) is 5.75 Å². The molecule has 4 nitrogen and oxygen atoms in total.